The van der Waals surface area contributed by atoms with E-state index < -0.39 is 0 Å². The van der Waals surface area contributed by atoms with Gasteiger partial charge in [-0.05, 0) is 35.7 Å². The first-order chi connectivity index (χ1) is 10.2. The van der Waals surface area contributed by atoms with E-state index in [-0.39, 0.29) is 12.0 Å². The van der Waals surface area contributed by atoms with E-state index in [1.807, 2.05) is 24.3 Å². The molecule has 0 radical (unpaired) electrons. The van der Waals surface area contributed by atoms with Crippen molar-refractivity contribution in [3.8, 4) is 0 Å². The molecule has 1 aliphatic rings. The molecule has 0 atom stereocenters. The second kappa shape index (κ2) is 4.74. The minimum Gasteiger partial charge on any atom is -0.361 e. The van der Waals surface area contributed by atoms with Crippen molar-refractivity contribution in [2.45, 2.75) is 6.17 Å². The SMILES string of the molecule is Fc1ccc(Br)cc1C1Nc2cccc3cccc(c23)N1. The van der Waals surface area contributed by atoms with E-state index in [0.29, 0.717) is 5.56 Å². The summed E-state index contributed by atoms with van der Waals surface area (Å²) in [6, 6.07) is 17.2. The minimum absolute atomic E-state index is 0.227. The van der Waals surface area contributed by atoms with E-state index in [9.17, 15) is 4.39 Å². The number of hydrogen-bond donors (Lipinski definition) is 2. The maximum absolute atomic E-state index is 14.1. The van der Waals surface area contributed by atoms with Crippen LogP contribution in [0.2, 0.25) is 0 Å². The number of rotatable bonds is 1. The van der Waals surface area contributed by atoms with E-state index in [1.165, 1.54) is 6.07 Å². The van der Waals surface area contributed by atoms with Crippen molar-refractivity contribution in [3.05, 3.63) is 70.5 Å². The topological polar surface area (TPSA) is 24.1 Å². The van der Waals surface area contributed by atoms with Gasteiger partial charge in [0.1, 0.15) is 12.0 Å². The minimum atomic E-state index is -0.289. The van der Waals surface area contributed by atoms with Gasteiger partial charge in [0, 0.05) is 26.8 Å². The fourth-order valence-electron chi connectivity index (χ4n) is 2.82. The maximum atomic E-state index is 14.1. The molecule has 104 valence electrons. The van der Waals surface area contributed by atoms with Crippen LogP contribution in [0.5, 0.6) is 0 Å². The molecule has 3 aromatic rings. The van der Waals surface area contributed by atoms with Gasteiger partial charge in [0.15, 0.2) is 0 Å². The summed E-state index contributed by atoms with van der Waals surface area (Å²) in [5.74, 6) is -0.227. The standard InChI is InChI=1S/C17H12BrFN2/c18-11-7-8-13(19)12(9-11)17-20-14-5-1-3-10-4-2-6-15(21-17)16(10)14/h1-9,17,20-21H. The molecule has 0 fully saturated rings. The number of anilines is 2. The zero-order chi connectivity index (χ0) is 14.4. The summed E-state index contributed by atoms with van der Waals surface area (Å²) >= 11 is 3.40. The van der Waals surface area contributed by atoms with Crippen molar-refractivity contribution in [1.29, 1.82) is 0 Å². The van der Waals surface area contributed by atoms with Gasteiger partial charge in [-0.25, -0.2) is 4.39 Å². The van der Waals surface area contributed by atoms with Crippen molar-refractivity contribution in [1.82, 2.24) is 0 Å². The molecule has 0 saturated carbocycles. The highest BCUT2D eigenvalue weighted by molar-refractivity contribution is 9.10. The van der Waals surface area contributed by atoms with Crippen molar-refractivity contribution >= 4 is 38.1 Å². The van der Waals surface area contributed by atoms with Crippen LogP contribution in [0.15, 0.2) is 59.1 Å². The first-order valence-electron chi connectivity index (χ1n) is 6.72. The normalized spacial score (nSPS) is 13.8. The Kier molecular flexibility index (Phi) is 2.86. The van der Waals surface area contributed by atoms with Crippen LogP contribution in [-0.4, -0.2) is 0 Å². The molecular weight excluding hydrogens is 331 g/mol. The highest BCUT2D eigenvalue weighted by atomic mass is 79.9. The quantitative estimate of drug-likeness (QED) is 0.628. The lowest BCUT2D eigenvalue weighted by Crippen LogP contribution is -2.24. The van der Waals surface area contributed by atoms with E-state index in [4.69, 9.17) is 0 Å². The molecule has 2 nitrogen and oxygen atoms in total. The lowest BCUT2D eigenvalue weighted by atomic mass is 10.0. The predicted octanol–water partition coefficient (Wildman–Crippen LogP) is 5.28. The summed E-state index contributed by atoms with van der Waals surface area (Å²) in [7, 11) is 0. The molecule has 2 N–H and O–H groups in total. The van der Waals surface area contributed by atoms with E-state index in [2.05, 4.69) is 38.7 Å². The average Bonchev–Trinajstić information content (AvgIpc) is 2.50. The Morgan fingerprint density at radius 2 is 1.57 bits per heavy atom. The fraction of sp³-hybridized carbons (Fsp3) is 0.0588. The maximum Gasteiger partial charge on any atom is 0.130 e. The van der Waals surface area contributed by atoms with Crippen LogP contribution in [0.4, 0.5) is 15.8 Å². The number of hydrogen-bond acceptors (Lipinski definition) is 2. The van der Waals surface area contributed by atoms with Crippen LogP contribution >= 0.6 is 15.9 Å². The molecule has 1 heterocycles. The second-order valence-corrected chi connectivity index (χ2v) is 6.01. The molecular formula is C17H12BrFN2. The molecule has 21 heavy (non-hydrogen) atoms. The van der Waals surface area contributed by atoms with E-state index in [1.54, 1.807) is 12.1 Å². The zero-order valence-corrected chi connectivity index (χ0v) is 12.6. The highest BCUT2D eigenvalue weighted by Gasteiger charge is 2.22. The van der Waals surface area contributed by atoms with Crippen LogP contribution < -0.4 is 10.6 Å². The molecule has 0 aromatic heterocycles. The Hall–Kier alpha value is -2.07. The molecule has 0 amide bonds. The van der Waals surface area contributed by atoms with Crippen LogP contribution in [-0.2, 0) is 0 Å². The summed E-state index contributed by atoms with van der Waals surface area (Å²) in [5, 5.41) is 9.06. The van der Waals surface area contributed by atoms with Crippen LogP contribution in [0.3, 0.4) is 0 Å². The van der Waals surface area contributed by atoms with Crippen molar-refractivity contribution in [2.75, 3.05) is 10.6 Å². The van der Waals surface area contributed by atoms with Gasteiger partial charge in [0.25, 0.3) is 0 Å². The molecule has 0 bridgehead atoms. The Labute approximate surface area is 130 Å². The molecule has 3 aromatic carbocycles. The Bertz CT molecular complexity index is 807. The molecule has 0 saturated heterocycles. The summed E-state index contributed by atoms with van der Waals surface area (Å²) in [4.78, 5) is 0. The second-order valence-electron chi connectivity index (χ2n) is 5.10. The van der Waals surface area contributed by atoms with E-state index in [0.717, 1.165) is 26.6 Å². The van der Waals surface area contributed by atoms with Crippen molar-refractivity contribution in [2.24, 2.45) is 0 Å². The first-order valence-corrected chi connectivity index (χ1v) is 7.51. The van der Waals surface area contributed by atoms with Crippen LogP contribution in [0.25, 0.3) is 10.8 Å². The zero-order valence-electron chi connectivity index (χ0n) is 11.0. The first kappa shape index (κ1) is 12.7. The third-order valence-electron chi connectivity index (χ3n) is 3.77. The van der Waals surface area contributed by atoms with Gasteiger partial charge in [-0.1, -0.05) is 40.2 Å². The van der Waals surface area contributed by atoms with Gasteiger partial charge in [-0.2, -0.15) is 0 Å². The smallest absolute Gasteiger partial charge is 0.130 e. The van der Waals surface area contributed by atoms with Crippen LogP contribution in [0.1, 0.15) is 11.7 Å². The van der Waals surface area contributed by atoms with E-state index >= 15 is 0 Å². The third kappa shape index (κ3) is 2.07. The lowest BCUT2D eigenvalue weighted by molar-refractivity contribution is 0.601. The molecule has 0 aliphatic carbocycles. The molecule has 0 spiro atoms. The molecule has 1 aliphatic heterocycles. The number of halogens is 2. The van der Waals surface area contributed by atoms with Gasteiger partial charge >= 0.3 is 0 Å². The Morgan fingerprint density at radius 3 is 2.24 bits per heavy atom. The summed E-state index contributed by atoms with van der Waals surface area (Å²) in [6.07, 6.45) is -0.289. The summed E-state index contributed by atoms with van der Waals surface area (Å²) in [5.41, 5.74) is 2.63. The fourth-order valence-corrected chi connectivity index (χ4v) is 3.20. The van der Waals surface area contributed by atoms with Gasteiger partial charge < -0.3 is 10.6 Å². The van der Waals surface area contributed by atoms with Crippen molar-refractivity contribution in [3.63, 3.8) is 0 Å². The average molecular weight is 343 g/mol. The van der Waals surface area contributed by atoms with Crippen molar-refractivity contribution < 1.29 is 4.39 Å². The summed E-state index contributed by atoms with van der Waals surface area (Å²) < 4.78 is 15.0. The van der Waals surface area contributed by atoms with Crippen LogP contribution in [0, 0.1) is 5.82 Å². The molecule has 4 heteroatoms. The number of nitrogens with one attached hydrogen (secondary N) is 2. The Morgan fingerprint density at radius 1 is 0.905 bits per heavy atom. The third-order valence-corrected chi connectivity index (χ3v) is 4.27. The van der Waals surface area contributed by atoms with Gasteiger partial charge in [0.05, 0.1) is 0 Å². The molecule has 4 rings (SSSR count). The monoisotopic (exact) mass is 342 g/mol. The predicted molar refractivity (Wildman–Crippen MR) is 88.0 cm³/mol. The summed E-state index contributed by atoms with van der Waals surface area (Å²) in [6.45, 7) is 0. The molecule has 0 unspecified atom stereocenters. The van der Waals surface area contributed by atoms with Gasteiger partial charge in [0.2, 0.25) is 0 Å². The van der Waals surface area contributed by atoms with Gasteiger partial charge in [-0.15, -0.1) is 0 Å². The number of benzene rings is 3. The largest absolute Gasteiger partial charge is 0.361 e. The highest BCUT2D eigenvalue weighted by Crippen LogP contribution is 2.39. The lowest BCUT2D eigenvalue weighted by Gasteiger charge is -2.30. The Balaban J connectivity index is 1.85. The van der Waals surface area contributed by atoms with Gasteiger partial charge in [-0.3, -0.25) is 0 Å².